The third-order valence-corrected chi connectivity index (χ3v) is 5.76. The normalized spacial score (nSPS) is 12.7. The molecule has 6 heteroatoms. The Morgan fingerprint density at radius 3 is 2.42 bits per heavy atom. The number of aromatic nitrogens is 2. The molecule has 3 aromatic carbocycles. The molecule has 0 fully saturated rings. The van der Waals surface area contributed by atoms with Crippen LogP contribution in [0, 0.1) is 12.1 Å². The molecule has 0 bridgehead atoms. The molecule has 0 unspecified atom stereocenters. The number of nitrogens with zero attached hydrogens (tertiary/aromatic N) is 2. The van der Waals surface area contributed by atoms with Crippen molar-refractivity contribution in [3.63, 3.8) is 0 Å². The summed E-state index contributed by atoms with van der Waals surface area (Å²) in [6.07, 6.45) is 3.43. The van der Waals surface area contributed by atoms with Crippen LogP contribution in [0.4, 0.5) is 8.78 Å². The summed E-state index contributed by atoms with van der Waals surface area (Å²) in [5.74, 6) is -3.00. The molecule has 33 heavy (non-hydrogen) atoms. The zero-order valence-corrected chi connectivity index (χ0v) is 20.9. The molecule has 0 atom stereocenters. The molecule has 6 rings (SSSR count). The van der Waals surface area contributed by atoms with Crippen molar-refractivity contribution in [1.82, 2.24) is 9.97 Å². The Morgan fingerprint density at radius 1 is 0.788 bits per heavy atom. The van der Waals surface area contributed by atoms with Crippen molar-refractivity contribution in [2.75, 3.05) is 0 Å². The summed E-state index contributed by atoms with van der Waals surface area (Å²) in [6.45, 7) is 0. The van der Waals surface area contributed by atoms with E-state index in [1.807, 2.05) is 42.5 Å². The molecule has 0 N–H and O–H groups in total. The number of alkyl halides is 2. The smallest absolute Gasteiger partial charge is 0.305 e. The summed E-state index contributed by atoms with van der Waals surface area (Å²) in [7, 11) is 0. The Morgan fingerprint density at radius 2 is 1.64 bits per heavy atom. The standard InChI is InChI=1S/C16H8F2N.C11H7BrN.Pt/c17-16(18)12-6-2-1-5-11(12)15-14-10(8-9-19-15)4-3-7-13(14)16;12-10-5-3-4-9(8-10)11-6-1-2-7-13-11;/h1-4,6-9H;1-3,5-8H;/q2*-1;+2. The Bertz CT molecular complexity index is 1420. The second-order valence-corrected chi connectivity index (χ2v) is 8.15. The Balaban J connectivity index is 0.000000164. The van der Waals surface area contributed by atoms with Crippen LogP contribution in [0.25, 0.3) is 33.3 Å². The van der Waals surface area contributed by atoms with Crippen LogP contribution in [0.1, 0.15) is 11.1 Å². The molecule has 0 saturated carbocycles. The molecule has 1 aliphatic carbocycles. The van der Waals surface area contributed by atoms with Gasteiger partial charge in [-0.05, 0) is 34.3 Å². The molecule has 2 aromatic heterocycles. The van der Waals surface area contributed by atoms with Crippen LogP contribution in [0.5, 0.6) is 0 Å². The molecule has 0 amide bonds. The van der Waals surface area contributed by atoms with Crippen molar-refractivity contribution in [3.8, 4) is 22.5 Å². The van der Waals surface area contributed by atoms with Gasteiger partial charge >= 0.3 is 21.1 Å². The van der Waals surface area contributed by atoms with Crippen LogP contribution >= 0.6 is 15.9 Å². The first kappa shape index (κ1) is 23.4. The van der Waals surface area contributed by atoms with Crippen LogP contribution < -0.4 is 0 Å². The summed E-state index contributed by atoms with van der Waals surface area (Å²) < 4.78 is 30.3. The molecule has 5 aromatic rings. The fraction of sp³-hybridized carbons (Fsp3) is 0.0370. The predicted molar refractivity (Wildman–Crippen MR) is 125 cm³/mol. The summed E-state index contributed by atoms with van der Waals surface area (Å²) in [4.78, 5) is 8.52. The molecule has 164 valence electrons. The van der Waals surface area contributed by atoms with Crippen LogP contribution in [-0.4, -0.2) is 9.97 Å². The van der Waals surface area contributed by atoms with Crippen LogP contribution in [0.15, 0.2) is 95.7 Å². The van der Waals surface area contributed by atoms with E-state index in [-0.39, 0.29) is 32.2 Å². The minimum absolute atomic E-state index is 0. The fourth-order valence-corrected chi connectivity index (χ4v) is 4.19. The SMILES string of the molecule is Brc1cc[c-]c(-c2ccccn2)c1.FC1(F)c2ccc[c-]c2-c2nccc3cccc1c23.[Pt+2]. The van der Waals surface area contributed by atoms with Crippen LogP contribution in [0.2, 0.25) is 0 Å². The van der Waals surface area contributed by atoms with Crippen molar-refractivity contribution in [1.29, 1.82) is 0 Å². The van der Waals surface area contributed by atoms with Crippen molar-refractivity contribution in [3.05, 3.63) is 119 Å². The zero-order valence-electron chi connectivity index (χ0n) is 17.0. The largest absolute Gasteiger partial charge is 2.00 e. The topological polar surface area (TPSA) is 25.8 Å². The molecule has 0 saturated heterocycles. The van der Waals surface area contributed by atoms with Gasteiger partial charge in [-0.3, -0.25) is 0 Å². The van der Waals surface area contributed by atoms with Gasteiger partial charge in [-0.1, -0.05) is 56.3 Å². The summed E-state index contributed by atoms with van der Waals surface area (Å²) >= 11 is 3.41. The number of hydrogen-bond donors (Lipinski definition) is 0. The first-order valence-corrected chi connectivity index (χ1v) is 10.7. The summed E-state index contributed by atoms with van der Waals surface area (Å²) in [5, 5.41) is 1.31. The van der Waals surface area contributed by atoms with E-state index in [1.165, 1.54) is 12.1 Å². The van der Waals surface area contributed by atoms with Gasteiger partial charge in [0.1, 0.15) is 0 Å². The van der Waals surface area contributed by atoms with Gasteiger partial charge in [-0.25, -0.2) is 8.78 Å². The first-order valence-electron chi connectivity index (χ1n) is 9.92. The molecule has 2 nitrogen and oxygen atoms in total. The predicted octanol–water partition coefficient (Wildman–Crippen LogP) is 7.46. The van der Waals surface area contributed by atoms with Gasteiger partial charge in [-0.2, -0.15) is 0 Å². The number of halogens is 3. The molecule has 2 heterocycles. The third-order valence-electron chi connectivity index (χ3n) is 5.27. The van der Waals surface area contributed by atoms with Gasteiger partial charge in [0, 0.05) is 18.0 Å². The fourth-order valence-electron chi connectivity index (χ4n) is 3.83. The third kappa shape index (κ3) is 4.40. The van der Waals surface area contributed by atoms with E-state index in [1.54, 1.807) is 36.7 Å². The van der Waals surface area contributed by atoms with Gasteiger partial charge in [0.25, 0.3) is 5.92 Å². The van der Waals surface area contributed by atoms with E-state index >= 15 is 0 Å². The van der Waals surface area contributed by atoms with E-state index in [0.29, 0.717) is 16.6 Å². The van der Waals surface area contributed by atoms with Crippen molar-refractivity contribution in [2.45, 2.75) is 5.92 Å². The van der Waals surface area contributed by atoms with Gasteiger partial charge in [0.2, 0.25) is 0 Å². The molecule has 0 radical (unpaired) electrons. The molecule has 0 aliphatic heterocycles. The van der Waals surface area contributed by atoms with Gasteiger partial charge in [0.15, 0.2) is 0 Å². The Hall–Kier alpha value is -2.75. The van der Waals surface area contributed by atoms with E-state index in [2.05, 4.69) is 38.0 Å². The number of benzene rings is 3. The average molecular weight is 680 g/mol. The average Bonchev–Trinajstić information content (AvgIpc) is 2.84. The molecule has 1 aliphatic rings. The van der Waals surface area contributed by atoms with Crippen molar-refractivity contribution < 1.29 is 29.8 Å². The van der Waals surface area contributed by atoms with E-state index < -0.39 is 5.92 Å². The second kappa shape index (κ2) is 9.62. The van der Waals surface area contributed by atoms with Crippen molar-refractivity contribution in [2.24, 2.45) is 0 Å². The minimum Gasteiger partial charge on any atom is -0.305 e. The Kier molecular flexibility index (Phi) is 6.83. The molecule has 0 spiro atoms. The molecular formula is C27H15BrF2N2Pt. The number of hydrogen-bond acceptors (Lipinski definition) is 2. The minimum atomic E-state index is -3.00. The van der Waals surface area contributed by atoms with E-state index in [4.69, 9.17) is 0 Å². The maximum absolute atomic E-state index is 14.6. The quantitative estimate of drug-likeness (QED) is 0.172. The maximum Gasteiger partial charge on any atom is 2.00 e. The van der Waals surface area contributed by atoms with Gasteiger partial charge in [0.05, 0.1) is 0 Å². The van der Waals surface area contributed by atoms with E-state index in [9.17, 15) is 8.78 Å². The van der Waals surface area contributed by atoms with Crippen molar-refractivity contribution >= 4 is 26.7 Å². The maximum atomic E-state index is 14.6. The second-order valence-electron chi connectivity index (χ2n) is 7.23. The first-order chi connectivity index (χ1) is 15.6. The van der Waals surface area contributed by atoms with E-state index in [0.717, 1.165) is 21.1 Å². The van der Waals surface area contributed by atoms with Gasteiger partial charge in [-0.15, -0.1) is 59.7 Å². The zero-order chi connectivity index (χ0) is 22.1. The molecular weight excluding hydrogens is 665 g/mol. The van der Waals surface area contributed by atoms with Crippen LogP contribution in [0.3, 0.4) is 0 Å². The number of pyridine rings is 2. The summed E-state index contributed by atoms with van der Waals surface area (Å²) in [6, 6.07) is 29.1. The summed E-state index contributed by atoms with van der Waals surface area (Å²) in [5.41, 5.74) is 2.96. The monoisotopic (exact) mass is 679 g/mol. The van der Waals surface area contributed by atoms with Gasteiger partial charge < -0.3 is 9.97 Å². The number of rotatable bonds is 1. The number of fused-ring (bicyclic) bond motifs is 2. The van der Waals surface area contributed by atoms with Crippen LogP contribution in [-0.2, 0) is 27.0 Å². The Labute approximate surface area is 213 Å².